The number of Topliss-reactive ketones (excluding diaryl/α,β-unsaturated/α-hetero) is 1. The molecule has 3 nitrogen and oxygen atoms in total. The molecule has 1 aromatic carbocycles. The van der Waals surface area contributed by atoms with E-state index in [4.69, 9.17) is 5.11 Å². The van der Waals surface area contributed by atoms with Gasteiger partial charge in [-0.1, -0.05) is 44.0 Å². The predicted octanol–water partition coefficient (Wildman–Crippen LogP) is 3.05. The molecule has 0 spiro atoms. The van der Waals surface area contributed by atoms with Crippen molar-refractivity contribution in [2.75, 3.05) is 5.33 Å². The fourth-order valence-corrected chi connectivity index (χ4v) is 1.85. The Bertz CT molecular complexity index is 467. The molecule has 0 amide bonds. The standard InChI is InChI=1S/C12H10Br2O3/c13-7-10(15)6-9-5-8(1-3-11(9)14)2-4-12(16)17/h1-5H,6-7H2,(H,16,17)/b4-2+. The van der Waals surface area contributed by atoms with Crippen LogP contribution in [0.5, 0.6) is 0 Å². The molecule has 0 saturated heterocycles. The Morgan fingerprint density at radius 1 is 1.35 bits per heavy atom. The number of aliphatic carboxylic acids is 1. The van der Waals surface area contributed by atoms with Crippen molar-refractivity contribution >= 4 is 49.7 Å². The monoisotopic (exact) mass is 360 g/mol. The van der Waals surface area contributed by atoms with E-state index < -0.39 is 5.97 Å². The van der Waals surface area contributed by atoms with E-state index in [0.29, 0.717) is 11.8 Å². The lowest BCUT2D eigenvalue weighted by molar-refractivity contribution is -0.131. The highest BCUT2D eigenvalue weighted by Gasteiger charge is 2.06. The summed E-state index contributed by atoms with van der Waals surface area (Å²) < 4.78 is 0.847. The molecule has 0 heterocycles. The van der Waals surface area contributed by atoms with Crippen LogP contribution < -0.4 is 0 Å². The largest absolute Gasteiger partial charge is 0.478 e. The summed E-state index contributed by atoms with van der Waals surface area (Å²) in [7, 11) is 0. The van der Waals surface area contributed by atoms with E-state index in [0.717, 1.165) is 21.7 Å². The summed E-state index contributed by atoms with van der Waals surface area (Å²) in [6.45, 7) is 0. The molecular weight excluding hydrogens is 352 g/mol. The summed E-state index contributed by atoms with van der Waals surface area (Å²) in [6, 6.07) is 5.38. The Morgan fingerprint density at radius 3 is 2.65 bits per heavy atom. The summed E-state index contributed by atoms with van der Waals surface area (Å²) in [4.78, 5) is 21.7. The quantitative estimate of drug-likeness (QED) is 0.647. The Balaban J connectivity index is 2.94. The van der Waals surface area contributed by atoms with Crippen molar-refractivity contribution in [3.05, 3.63) is 39.9 Å². The summed E-state index contributed by atoms with van der Waals surface area (Å²) in [5.41, 5.74) is 1.61. The van der Waals surface area contributed by atoms with Crippen LogP contribution in [0.3, 0.4) is 0 Å². The molecule has 90 valence electrons. The van der Waals surface area contributed by atoms with Crippen LogP contribution in [0.15, 0.2) is 28.7 Å². The third-order valence-electron chi connectivity index (χ3n) is 2.02. The molecule has 0 fully saturated rings. The molecule has 0 unspecified atom stereocenters. The van der Waals surface area contributed by atoms with Gasteiger partial charge in [0.1, 0.15) is 5.78 Å². The maximum atomic E-state index is 11.3. The molecule has 17 heavy (non-hydrogen) atoms. The fourth-order valence-electron chi connectivity index (χ4n) is 1.26. The van der Waals surface area contributed by atoms with Crippen LogP contribution in [-0.4, -0.2) is 22.2 Å². The second kappa shape index (κ2) is 6.71. The van der Waals surface area contributed by atoms with Gasteiger partial charge in [0.25, 0.3) is 0 Å². The van der Waals surface area contributed by atoms with Gasteiger partial charge >= 0.3 is 5.97 Å². The van der Waals surface area contributed by atoms with Crippen molar-refractivity contribution in [3.63, 3.8) is 0 Å². The molecule has 0 atom stereocenters. The maximum Gasteiger partial charge on any atom is 0.328 e. The highest BCUT2D eigenvalue weighted by Crippen LogP contribution is 2.20. The van der Waals surface area contributed by atoms with Crippen molar-refractivity contribution < 1.29 is 14.7 Å². The van der Waals surface area contributed by atoms with Gasteiger partial charge in [-0.05, 0) is 23.3 Å². The molecule has 0 saturated carbocycles. The molecule has 5 heteroatoms. The van der Waals surface area contributed by atoms with E-state index in [1.165, 1.54) is 6.08 Å². The number of alkyl halides is 1. The van der Waals surface area contributed by atoms with Gasteiger partial charge in [0, 0.05) is 17.0 Å². The Kier molecular flexibility index (Phi) is 5.58. The highest BCUT2D eigenvalue weighted by atomic mass is 79.9. The molecule has 0 bridgehead atoms. The van der Waals surface area contributed by atoms with Gasteiger partial charge in [0.2, 0.25) is 0 Å². The van der Waals surface area contributed by atoms with E-state index in [-0.39, 0.29) is 5.78 Å². The zero-order chi connectivity index (χ0) is 12.8. The Hall–Kier alpha value is -0.940. The van der Waals surface area contributed by atoms with Crippen LogP contribution >= 0.6 is 31.9 Å². The van der Waals surface area contributed by atoms with Gasteiger partial charge in [-0.25, -0.2) is 4.79 Å². The molecule has 0 radical (unpaired) electrons. The molecule has 0 aliphatic heterocycles. The molecule has 0 aliphatic rings. The maximum absolute atomic E-state index is 11.3. The average molecular weight is 362 g/mol. The number of halogens is 2. The SMILES string of the molecule is O=C(O)/C=C/c1ccc(Br)c(CC(=O)CBr)c1. The van der Waals surface area contributed by atoms with Gasteiger partial charge in [0.05, 0.1) is 5.33 Å². The van der Waals surface area contributed by atoms with Crippen molar-refractivity contribution in [3.8, 4) is 0 Å². The number of hydrogen-bond donors (Lipinski definition) is 1. The number of hydrogen-bond acceptors (Lipinski definition) is 2. The first kappa shape index (κ1) is 14.1. The first-order chi connectivity index (χ1) is 8.02. The van der Waals surface area contributed by atoms with Gasteiger partial charge < -0.3 is 5.11 Å². The third-order valence-corrected chi connectivity index (χ3v) is 3.42. The molecule has 0 aromatic heterocycles. The summed E-state index contributed by atoms with van der Waals surface area (Å²) in [6.07, 6.45) is 2.89. The minimum atomic E-state index is -0.994. The van der Waals surface area contributed by atoms with Crippen molar-refractivity contribution in [2.24, 2.45) is 0 Å². The van der Waals surface area contributed by atoms with E-state index in [1.54, 1.807) is 18.2 Å². The van der Waals surface area contributed by atoms with Crippen LogP contribution in [0.2, 0.25) is 0 Å². The van der Waals surface area contributed by atoms with Crippen LogP contribution in [0.4, 0.5) is 0 Å². The lowest BCUT2D eigenvalue weighted by Gasteiger charge is -2.04. The number of benzene rings is 1. The van der Waals surface area contributed by atoms with E-state index in [1.807, 2.05) is 0 Å². The van der Waals surface area contributed by atoms with Gasteiger partial charge in [-0.2, -0.15) is 0 Å². The lowest BCUT2D eigenvalue weighted by Crippen LogP contribution is -2.04. The van der Waals surface area contributed by atoms with Crippen molar-refractivity contribution in [1.29, 1.82) is 0 Å². The number of carbonyl (C=O) groups is 2. The highest BCUT2D eigenvalue weighted by molar-refractivity contribution is 9.10. The predicted molar refractivity (Wildman–Crippen MR) is 73.3 cm³/mol. The van der Waals surface area contributed by atoms with Crippen LogP contribution in [0, 0.1) is 0 Å². The van der Waals surface area contributed by atoms with Gasteiger partial charge in [-0.15, -0.1) is 0 Å². The second-order valence-corrected chi connectivity index (χ2v) is 4.79. The Labute approximate surface area is 116 Å². The number of carboxylic acid groups (broad SMARTS) is 1. The minimum Gasteiger partial charge on any atom is -0.478 e. The first-order valence-electron chi connectivity index (χ1n) is 4.80. The van der Waals surface area contributed by atoms with Crippen LogP contribution in [0.1, 0.15) is 11.1 Å². The average Bonchev–Trinajstić information content (AvgIpc) is 2.29. The van der Waals surface area contributed by atoms with Gasteiger partial charge in [-0.3, -0.25) is 4.79 Å². The van der Waals surface area contributed by atoms with Crippen molar-refractivity contribution in [2.45, 2.75) is 6.42 Å². The van der Waals surface area contributed by atoms with E-state index in [2.05, 4.69) is 31.9 Å². The second-order valence-electron chi connectivity index (χ2n) is 3.37. The summed E-state index contributed by atoms with van der Waals surface area (Å²) in [5, 5.41) is 8.84. The molecule has 1 N–H and O–H groups in total. The number of rotatable bonds is 5. The smallest absolute Gasteiger partial charge is 0.328 e. The lowest BCUT2D eigenvalue weighted by atomic mass is 10.1. The number of carbonyl (C=O) groups excluding carboxylic acids is 1. The zero-order valence-electron chi connectivity index (χ0n) is 8.82. The van der Waals surface area contributed by atoms with Crippen molar-refractivity contribution in [1.82, 2.24) is 0 Å². The third kappa shape index (κ3) is 4.83. The fraction of sp³-hybridized carbons (Fsp3) is 0.167. The number of ketones is 1. The molecular formula is C12H10Br2O3. The normalized spacial score (nSPS) is 10.7. The minimum absolute atomic E-state index is 0.0741. The Morgan fingerprint density at radius 2 is 2.06 bits per heavy atom. The van der Waals surface area contributed by atoms with E-state index in [9.17, 15) is 9.59 Å². The first-order valence-corrected chi connectivity index (χ1v) is 6.71. The van der Waals surface area contributed by atoms with E-state index >= 15 is 0 Å². The topological polar surface area (TPSA) is 54.4 Å². The van der Waals surface area contributed by atoms with Crippen LogP contribution in [-0.2, 0) is 16.0 Å². The van der Waals surface area contributed by atoms with Gasteiger partial charge in [0.15, 0.2) is 0 Å². The zero-order valence-corrected chi connectivity index (χ0v) is 12.0. The summed E-state index contributed by atoms with van der Waals surface area (Å²) >= 11 is 6.47. The molecule has 1 rings (SSSR count). The summed E-state index contributed by atoms with van der Waals surface area (Å²) in [5.74, 6) is -0.920. The number of carboxylic acids is 1. The molecule has 0 aliphatic carbocycles. The molecule has 1 aromatic rings. The van der Waals surface area contributed by atoms with Crippen LogP contribution in [0.25, 0.3) is 6.08 Å².